The highest BCUT2D eigenvalue weighted by Gasteiger charge is 2.40. The van der Waals surface area contributed by atoms with E-state index in [0.717, 1.165) is 11.1 Å². The zero-order valence-corrected chi connectivity index (χ0v) is 22.7. The summed E-state index contributed by atoms with van der Waals surface area (Å²) in [5.41, 5.74) is 9.83. The minimum absolute atomic E-state index is 0.0161. The fraction of sp³-hybridized carbons (Fsp3) is 0.241. The third-order valence-electron chi connectivity index (χ3n) is 7.58. The van der Waals surface area contributed by atoms with Gasteiger partial charge in [0.25, 0.3) is 5.91 Å². The topological polar surface area (TPSA) is 139 Å². The van der Waals surface area contributed by atoms with Crippen LogP contribution in [0.25, 0.3) is 22.0 Å². The normalized spacial score (nSPS) is 17.2. The number of sulfonamides is 1. The lowest BCUT2D eigenvalue weighted by Gasteiger charge is -2.24. The van der Waals surface area contributed by atoms with E-state index in [4.69, 9.17) is 5.73 Å². The molecule has 4 aromatic rings. The van der Waals surface area contributed by atoms with Gasteiger partial charge in [0.15, 0.2) is 0 Å². The van der Waals surface area contributed by atoms with Crippen LogP contribution in [-0.2, 0) is 27.9 Å². The van der Waals surface area contributed by atoms with Crippen molar-refractivity contribution in [2.24, 2.45) is 0 Å². The molecular weight excluding hydrogens is 528 g/mol. The van der Waals surface area contributed by atoms with Gasteiger partial charge in [-0.1, -0.05) is 48.5 Å². The minimum Gasteiger partial charge on any atom is -0.368 e. The quantitative estimate of drug-likeness (QED) is 0.385. The summed E-state index contributed by atoms with van der Waals surface area (Å²) in [6.45, 7) is 1.18. The predicted octanol–water partition coefficient (Wildman–Crippen LogP) is 2.93. The molecule has 3 N–H and O–H groups in total. The van der Waals surface area contributed by atoms with Crippen molar-refractivity contribution in [2.75, 3.05) is 19.3 Å². The third-order valence-corrected chi connectivity index (χ3v) is 9.55. The molecule has 1 saturated heterocycles. The maximum atomic E-state index is 13.9. The Morgan fingerprint density at radius 3 is 2.40 bits per heavy atom. The maximum absolute atomic E-state index is 13.9. The summed E-state index contributed by atoms with van der Waals surface area (Å²) in [5.74, 6) is -0.623. The number of nitrogens with two attached hydrogens (primary N) is 1. The molecule has 3 heterocycles. The molecule has 204 valence electrons. The zero-order valence-electron chi connectivity index (χ0n) is 21.9. The second-order valence-electron chi connectivity index (χ2n) is 9.98. The molecular formula is C29H28N6O4S. The Balaban J connectivity index is 1.42. The highest BCUT2D eigenvalue weighted by molar-refractivity contribution is 7.89. The molecule has 0 saturated carbocycles. The summed E-state index contributed by atoms with van der Waals surface area (Å²) in [6.07, 6.45) is 1.06. The summed E-state index contributed by atoms with van der Waals surface area (Å²) >= 11 is 0. The summed E-state index contributed by atoms with van der Waals surface area (Å²) in [5, 5.41) is 3.05. The van der Waals surface area contributed by atoms with Crippen LogP contribution in [0.4, 0.5) is 5.95 Å². The Morgan fingerprint density at radius 1 is 0.975 bits per heavy atom. The first-order chi connectivity index (χ1) is 19.3. The second kappa shape index (κ2) is 10.00. The molecule has 1 fully saturated rings. The zero-order chi connectivity index (χ0) is 28.0. The molecule has 0 aliphatic carbocycles. The number of nitrogens with one attached hydrogen (secondary N) is 1. The number of hydrogen-bond acceptors (Lipinski definition) is 7. The van der Waals surface area contributed by atoms with Gasteiger partial charge >= 0.3 is 0 Å². The molecule has 0 spiro atoms. The van der Waals surface area contributed by atoms with Crippen molar-refractivity contribution in [3.63, 3.8) is 0 Å². The van der Waals surface area contributed by atoms with E-state index in [9.17, 15) is 18.0 Å². The van der Waals surface area contributed by atoms with Gasteiger partial charge in [-0.3, -0.25) is 9.59 Å². The number of amides is 2. The van der Waals surface area contributed by atoms with Crippen molar-refractivity contribution in [1.29, 1.82) is 0 Å². The molecule has 11 heteroatoms. The van der Waals surface area contributed by atoms with Crippen LogP contribution in [0.5, 0.6) is 0 Å². The van der Waals surface area contributed by atoms with Crippen LogP contribution in [0.15, 0.2) is 71.6 Å². The number of aromatic nitrogens is 2. The number of anilines is 1. The van der Waals surface area contributed by atoms with Crippen molar-refractivity contribution in [2.45, 2.75) is 36.9 Å². The number of likely N-dealkylation sites (N-methyl/N-ethyl adjacent to an activating group) is 1. The molecule has 6 rings (SSSR count). The van der Waals surface area contributed by atoms with Crippen LogP contribution in [0.1, 0.15) is 34.5 Å². The van der Waals surface area contributed by atoms with E-state index in [1.165, 1.54) is 11.4 Å². The van der Waals surface area contributed by atoms with Crippen LogP contribution >= 0.6 is 0 Å². The molecule has 2 aliphatic heterocycles. The van der Waals surface area contributed by atoms with E-state index in [2.05, 4.69) is 15.3 Å². The van der Waals surface area contributed by atoms with Gasteiger partial charge in [-0.2, -0.15) is 4.31 Å². The van der Waals surface area contributed by atoms with E-state index in [0.29, 0.717) is 48.0 Å². The first-order valence-electron chi connectivity index (χ1n) is 13.0. The van der Waals surface area contributed by atoms with Crippen molar-refractivity contribution < 1.29 is 18.0 Å². The number of carbonyl (C=O) groups is 2. The van der Waals surface area contributed by atoms with Gasteiger partial charge in [-0.15, -0.1) is 0 Å². The molecule has 10 nitrogen and oxygen atoms in total. The first kappa shape index (κ1) is 25.9. The van der Waals surface area contributed by atoms with Crippen molar-refractivity contribution in [1.82, 2.24) is 24.5 Å². The molecule has 1 atom stereocenters. The Morgan fingerprint density at radius 2 is 1.68 bits per heavy atom. The van der Waals surface area contributed by atoms with Gasteiger partial charge in [0.05, 0.1) is 10.4 Å². The van der Waals surface area contributed by atoms with Crippen LogP contribution in [0.2, 0.25) is 0 Å². The molecule has 3 aromatic carbocycles. The SMILES string of the molecule is CNC(=O)C1CCCN1S(=O)(=O)c1ccccc1-c1ccc2nc(N)nc(C(=O)N3Cc4ccccc4C3)c2c1. The van der Waals surface area contributed by atoms with Gasteiger partial charge < -0.3 is 16.0 Å². The lowest BCUT2D eigenvalue weighted by Crippen LogP contribution is -2.44. The monoisotopic (exact) mass is 556 g/mol. The van der Waals surface area contributed by atoms with Crippen molar-refractivity contribution in [3.05, 3.63) is 83.6 Å². The summed E-state index contributed by atoms with van der Waals surface area (Å²) in [7, 11) is -2.50. The summed E-state index contributed by atoms with van der Waals surface area (Å²) < 4.78 is 29.0. The number of nitrogen functional groups attached to an aromatic ring is 1. The van der Waals surface area contributed by atoms with Gasteiger partial charge in [-0.05, 0) is 47.7 Å². The molecule has 0 radical (unpaired) electrons. The number of carbonyl (C=O) groups excluding carboxylic acids is 2. The third kappa shape index (κ3) is 4.37. The van der Waals surface area contributed by atoms with Gasteiger partial charge in [-0.25, -0.2) is 18.4 Å². The lowest BCUT2D eigenvalue weighted by molar-refractivity contribution is -0.123. The lowest BCUT2D eigenvalue weighted by atomic mass is 10.0. The Bertz CT molecular complexity index is 1750. The number of fused-ring (bicyclic) bond motifs is 2. The summed E-state index contributed by atoms with van der Waals surface area (Å²) in [4.78, 5) is 36.6. The number of hydrogen-bond donors (Lipinski definition) is 2. The standard InChI is InChI=1S/C29H28N6O4S/c1-31-27(36)24-10-6-14-35(24)40(38,39)25-11-5-4-9-21(25)18-12-13-23-22(15-18)26(33-29(30)32-23)28(37)34-16-19-7-2-3-8-20(19)17-34/h2-5,7-9,11-13,15,24H,6,10,14,16-17H2,1H3,(H,31,36)(H2,30,32,33). The van der Waals surface area contributed by atoms with Crippen molar-refractivity contribution in [3.8, 4) is 11.1 Å². The fourth-order valence-electron chi connectivity index (χ4n) is 5.62. The average Bonchev–Trinajstić information content (AvgIpc) is 3.64. The Hall–Kier alpha value is -4.35. The number of nitrogens with zero attached hydrogens (tertiary/aromatic N) is 4. The second-order valence-corrected chi connectivity index (χ2v) is 11.8. The van der Waals surface area contributed by atoms with Crippen LogP contribution in [0, 0.1) is 0 Å². The maximum Gasteiger partial charge on any atom is 0.273 e. The Kier molecular flexibility index (Phi) is 6.47. The Labute approximate surface area is 231 Å². The van der Waals surface area contributed by atoms with E-state index < -0.39 is 16.1 Å². The highest BCUT2D eigenvalue weighted by Crippen LogP contribution is 2.35. The highest BCUT2D eigenvalue weighted by atomic mass is 32.2. The number of rotatable bonds is 5. The van der Waals surface area contributed by atoms with Crippen molar-refractivity contribution >= 4 is 38.7 Å². The first-order valence-corrected chi connectivity index (χ1v) is 14.5. The average molecular weight is 557 g/mol. The van der Waals surface area contributed by atoms with E-state index in [-0.39, 0.29) is 34.9 Å². The molecule has 2 amide bonds. The van der Waals surface area contributed by atoms with E-state index in [1.807, 2.05) is 24.3 Å². The minimum atomic E-state index is -4.01. The molecule has 2 aliphatic rings. The van der Waals surface area contributed by atoms with E-state index in [1.54, 1.807) is 47.4 Å². The fourth-order valence-corrected chi connectivity index (χ4v) is 7.49. The van der Waals surface area contributed by atoms with Gasteiger partial charge in [0.1, 0.15) is 11.7 Å². The molecule has 0 bridgehead atoms. The molecule has 40 heavy (non-hydrogen) atoms. The largest absolute Gasteiger partial charge is 0.368 e. The smallest absolute Gasteiger partial charge is 0.273 e. The van der Waals surface area contributed by atoms with Crippen LogP contribution in [0.3, 0.4) is 0 Å². The predicted molar refractivity (Wildman–Crippen MR) is 150 cm³/mol. The number of benzene rings is 3. The van der Waals surface area contributed by atoms with Crippen LogP contribution in [-0.4, -0.2) is 59.0 Å². The molecule has 1 aromatic heterocycles. The van der Waals surface area contributed by atoms with E-state index >= 15 is 0 Å². The molecule has 1 unspecified atom stereocenters. The van der Waals surface area contributed by atoms with Gasteiger partial charge in [0, 0.05) is 37.6 Å². The summed E-state index contributed by atoms with van der Waals surface area (Å²) in [6, 6.07) is 19.0. The van der Waals surface area contributed by atoms with Gasteiger partial charge in [0.2, 0.25) is 21.9 Å². The van der Waals surface area contributed by atoms with Crippen LogP contribution < -0.4 is 11.1 Å².